The second kappa shape index (κ2) is 9.51. The minimum Gasteiger partial charge on any atom is -0.497 e. The first-order valence-corrected chi connectivity index (χ1v) is 10.9. The van der Waals surface area contributed by atoms with Crippen LogP contribution >= 0.6 is 0 Å². The molecule has 3 rings (SSSR count). The molecule has 2 atom stereocenters. The highest BCUT2D eigenvalue weighted by Crippen LogP contribution is 2.37. The van der Waals surface area contributed by atoms with Crippen molar-refractivity contribution >= 4 is 11.9 Å². The van der Waals surface area contributed by atoms with E-state index in [2.05, 4.69) is 31.0 Å². The van der Waals surface area contributed by atoms with Gasteiger partial charge in [-0.25, -0.2) is 4.79 Å². The fourth-order valence-corrected chi connectivity index (χ4v) is 4.32. The molecule has 2 aliphatic heterocycles. The molecule has 1 aromatic carbocycles. The summed E-state index contributed by atoms with van der Waals surface area (Å²) in [4.78, 5) is 31.9. The van der Waals surface area contributed by atoms with E-state index >= 15 is 0 Å². The van der Waals surface area contributed by atoms with E-state index in [0.29, 0.717) is 17.9 Å². The second-order valence-electron chi connectivity index (χ2n) is 8.03. The van der Waals surface area contributed by atoms with Gasteiger partial charge in [0, 0.05) is 13.1 Å². The second-order valence-corrected chi connectivity index (χ2v) is 8.03. The predicted molar refractivity (Wildman–Crippen MR) is 117 cm³/mol. The van der Waals surface area contributed by atoms with E-state index in [1.165, 1.54) is 0 Å². The lowest BCUT2D eigenvalue weighted by Crippen LogP contribution is -2.45. The number of likely N-dealkylation sites (N-methyl/N-ethyl adjacent to an activating group) is 1. The van der Waals surface area contributed by atoms with Gasteiger partial charge in [-0.15, -0.1) is 0 Å². The average molecular weight is 415 g/mol. The molecule has 0 bridgehead atoms. The van der Waals surface area contributed by atoms with Crippen molar-refractivity contribution in [3.05, 3.63) is 41.1 Å². The molecular weight excluding hydrogens is 380 g/mol. The highest BCUT2D eigenvalue weighted by molar-refractivity contribution is 6.01. The van der Waals surface area contributed by atoms with Gasteiger partial charge in [0.2, 0.25) is 0 Å². The summed E-state index contributed by atoms with van der Waals surface area (Å²) in [5.74, 6) is 0.718. The van der Waals surface area contributed by atoms with Crippen molar-refractivity contribution in [1.82, 2.24) is 20.0 Å². The molecule has 7 heteroatoms. The number of hydrogen-bond donors (Lipinski definition) is 1. The summed E-state index contributed by atoms with van der Waals surface area (Å²) in [7, 11) is 3.34. The Balaban J connectivity index is 1.78. The van der Waals surface area contributed by atoms with Crippen LogP contribution in [-0.2, 0) is 4.79 Å². The Bertz CT molecular complexity index is 818. The summed E-state index contributed by atoms with van der Waals surface area (Å²) in [5.41, 5.74) is 2.32. The predicted octanol–water partition coefficient (Wildman–Crippen LogP) is 3.00. The number of amides is 3. The summed E-state index contributed by atoms with van der Waals surface area (Å²) in [6, 6.07) is 7.01. The Kier molecular flexibility index (Phi) is 7.02. The molecule has 2 unspecified atom stereocenters. The van der Waals surface area contributed by atoms with Gasteiger partial charge < -0.3 is 19.9 Å². The summed E-state index contributed by atoms with van der Waals surface area (Å²) >= 11 is 0. The van der Waals surface area contributed by atoms with Crippen LogP contribution in [0.1, 0.15) is 45.2 Å². The standard InChI is InChI=1S/C23H34N4O3/c1-6-26(7-2)13-9-10-16(3)27-15-19-20(22(27)28)21(24-23(29)25(19)4)17-11-8-12-18(14-17)30-5/h8,11-12,14,16,21H,6-7,9-10,13,15H2,1-5H3,(H,24,29). The van der Waals surface area contributed by atoms with E-state index in [0.717, 1.165) is 43.7 Å². The van der Waals surface area contributed by atoms with Gasteiger partial charge in [-0.05, 0) is 57.1 Å². The van der Waals surface area contributed by atoms with E-state index in [-0.39, 0.29) is 18.0 Å². The van der Waals surface area contributed by atoms with Gasteiger partial charge in [-0.3, -0.25) is 9.69 Å². The fraction of sp³-hybridized carbons (Fsp3) is 0.565. The number of ether oxygens (including phenoxy) is 1. The number of benzene rings is 1. The number of nitrogens with one attached hydrogen (secondary N) is 1. The number of hydrogen-bond acceptors (Lipinski definition) is 4. The third kappa shape index (κ3) is 4.31. The van der Waals surface area contributed by atoms with E-state index in [1.54, 1.807) is 19.1 Å². The van der Waals surface area contributed by atoms with Gasteiger partial charge in [0.1, 0.15) is 5.75 Å². The van der Waals surface area contributed by atoms with Gasteiger partial charge in [0.25, 0.3) is 5.91 Å². The number of carbonyl (C=O) groups is 2. The molecule has 3 amide bonds. The SMILES string of the molecule is CCN(CC)CCCC(C)N1CC2=C(C1=O)C(c1cccc(OC)c1)NC(=O)N2C. The molecule has 0 saturated carbocycles. The molecule has 1 aromatic rings. The van der Waals surface area contributed by atoms with Crippen molar-refractivity contribution in [2.45, 2.75) is 45.7 Å². The molecule has 0 saturated heterocycles. The van der Waals surface area contributed by atoms with E-state index < -0.39 is 6.04 Å². The Hall–Kier alpha value is -2.54. The Morgan fingerprint density at radius 1 is 1.27 bits per heavy atom. The van der Waals surface area contributed by atoms with Crippen LogP contribution in [0, 0.1) is 0 Å². The molecule has 0 spiro atoms. The number of methoxy groups -OCH3 is 1. The summed E-state index contributed by atoms with van der Waals surface area (Å²) in [5, 5.41) is 2.99. The molecular formula is C23H34N4O3. The van der Waals surface area contributed by atoms with Crippen molar-refractivity contribution in [2.75, 3.05) is 40.3 Å². The molecule has 164 valence electrons. The normalized spacial score (nSPS) is 20.0. The third-order valence-corrected chi connectivity index (χ3v) is 6.34. The topological polar surface area (TPSA) is 65.1 Å². The lowest BCUT2D eigenvalue weighted by molar-refractivity contribution is -0.127. The van der Waals surface area contributed by atoms with Crippen LogP contribution in [0.25, 0.3) is 0 Å². The average Bonchev–Trinajstić information content (AvgIpc) is 3.11. The highest BCUT2D eigenvalue weighted by Gasteiger charge is 2.44. The number of carbonyl (C=O) groups excluding carboxylic acids is 2. The molecule has 0 aromatic heterocycles. The minimum absolute atomic E-state index is 0.0139. The number of rotatable bonds is 9. The lowest BCUT2D eigenvalue weighted by atomic mass is 9.95. The van der Waals surface area contributed by atoms with E-state index in [4.69, 9.17) is 4.74 Å². The fourth-order valence-electron chi connectivity index (χ4n) is 4.32. The van der Waals surface area contributed by atoms with Crippen LogP contribution < -0.4 is 10.1 Å². The Morgan fingerprint density at radius 2 is 2.00 bits per heavy atom. The first-order chi connectivity index (χ1) is 14.4. The monoisotopic (exact) mass is 414 g/mol. The number of nitrogens with zero attached hydrogens (tertiary/aromatic N) is 3. The minimum atomic E-state index is -0.459. The van der Waals surface area contributed by atoms with Crippen molar-refractivity contribution in [3.63, 3.8) is 0 Å². The van der Waals surface area contributed by atoms with Crippen molar-refractivity contribution in [2.24, 2.45) is 0 Å². The molecule has 0 aliphatic carbocycles. The zero-order valence-corrected chi connectivity index (χ0v) is 18.8. The van der Waals surface area contributed by atoms with Crippen LogP contribution in [0.4, 0.5) is 4.79 Å². The van der Waals surface area contributed by atoms with Crippen LogP contribution in [0.15, 0.2) is 35.5 Å². The maximum absolute atomic E-state index is 13.4. The summed E-state index contributed by atoms with van der Waals surface area (Å²) in [6.45, 7) is 10.1. The van der Waals surface area contributed by atoms with Crippen LogP contribution in [0.3, 0.4) is 0 Å². The van der Waals surface area contributed by atoms with Crippen LogP contribution in [0.2, 0.25) is 0 Å². The molecule has 2 heterocycles. The van der Waals surface area contributed by atoms with Crippen LogP contribution in [0.5, 0.6) is 5.75 Å². The molecule has 7 nitrogen and oxygen atoms in total. The lowest BCUT2D eigenvalue weighted by Gasteiger charge is -2.31. The van der Waals surface area contributed by atoms with Crippen molar-refractivity contribution < 1.29 is 14.3 Å². The van der Waals surface area contributed by atoms with Gasteiger partial charge in [-0.1, -0.05) is 26.0 Å². The third-order valence-electron chi connectivity index (χ3n) is 6.34. The Labute approximate surface area is 179 Å². The molecule has 0 radical (unpaired) electrons. The molecule has 1 N–H and O–H groups in total. The van der Waals surface area contributed by atoms with E-state index in [9.17, 15) is 9.59 Å². The quantitative estimate of drug-likeness (QED) is 0.675. The van der Waals surface area contributed by atoms with Crippen molar-refractivity contribution in [1.29, 1.82) is 0 Å². The Morgan fingerprint density at radius 3 is 2.67 bits per heavy atom. The zero-order valence-electron chi connectivity index (χ0n) is 18.8. The van der Waals surface area contributed by atoms with Gasteiger partial charge in [0.15, 0.2) is 0 Å². The van der Waals surface area contributed by atoms with Crippen molar-refractivity contribution in [3.8, 4) is 5.75 Å². The molecule has 0 fully saturated rings. The molecule has 30 heavy (non-hydrogen) atoms. The maximum Gasteiger partial charge on any atom is 0.322 e. The van der Waals surface area contributed by atoms with Crippen LogP contribution in [-0.4, -0.2) is 73.0 Å². The first-order valence-electron chi connectivity index (χ1n) is 10.9. The highest BCUT2D eigenvalue weighted by atomic mass is 16.5. The smallest absolute Gasteiger partial charge is 0.322 e. The van der Waals surface area contributed by atoms with Gasteiger partial charge >= 0.3 is 6.03 Å². The zero-order chi connectivity index (χ0) is 21.8. The number of urea groups is 1. The van der Waals surface area contributed by atoms with E-state index in [1.807, 2.05) is 29.2 Å². The first kappa shape index (κ1) is 22.2. The van der Waals surface area contributed by atoms with Gasteiger partial charge in [0.05, 0.1) is 31.0 Å². The van der Waals surface area contributed by atoms with Gasteiger partial charge in [-0.2, -0.15) is 0 Å². The summed E-state index contributed by atoms with van der Waals surface area (Å²) in [6.07, 6.45) is 1.99. The summed E-state index contributed by atoms with van der Waals surface area (Å²) < 4.78 is 5.33. The molecule has 2 aliphatic rings. The maximum atomic E-state index is 13.4. The largest absolute Gasteiger partial charge is 0.497 e.